The van der Waals surface area contributed by atoms with Gasteiger partial charge in [0.05, 0.1) is 11.6 Å². The maximum atomic E-state index is 13.3. The van der Waals surface area contributed by atoms with Crippen molar-refractivity contribution in [1.29, 1.82) is 0 Å². The summed E-state index contributed by atoms with van der Waals surface area (Å²) < 4.78 is 1.92. The second-order valence-electron chi connectivity index (χ2n) is 6.66. The van der Waals surface area contributed by atoms with Gasteiger partial charge in [0.15, 0.2) is 0 Å². The van der Waals surface area contributed by atoms with Gasteiger partial charge in [-0.1, -0.05) is 24.3 Å². The smallest absolute Gasteiger partial charge is 0.257 e. The number of carbonyl (C=O) groups is 1. The fraction of sp³-hybridized carbons (Fsp3) is 0.250. The van der Waals surface area contributed by atoms with Gasteiger partial charge < -0.3 is 9.80 Å². The molecule has 6 nitrogen and oxygen atoms in total. The number of hydrogen-bond acceptors (Lipinski definition) is 4. The van der Waals surface area contributed by atoms with E-state index in [1.165, 1.54) is 5.56 Å². The lowest BCUT2D eigenvalue weighted by molar-refractivity contribution is 0.0706. The average molecular weight is 347 g/mol. The Morgan fingerprint density at radius 2 is 1.96 bits per heavy atom. The molecule has 6 heteroatoms. The molecule has 1 aromatic carbocycles. The van der Waals surface area contributed by atoms with E-state index < -0.39 is 0 Å². The lowest BCUT2D eigenvalue weighted by atomic mass is 9.95. The SMILES string of the molecule is CN(C)c1ncccc1C(=O)N1Cc2ccccc2[C@@H](n2cccn2)C1. The number of carbonyl (C=O) groups excluding carboxylic acids is 1. The lowest BCUT2D eigenvalue weighted by Gasteiger charge is -2.35. The Morgan fingerprint density at radius 3 is 2.73 bits per heavy atom. The number of aromatic nitrogens is 3. The monoisotopic (exact) mass is 347 g/mol. The van der Waals surface area contributed by atoms with Gasteiger partial charge in [-0.15, -0.1) is 0 Å². The molecule has 0 saturated heterocycles. The zero-order valence-electron chi connectivity index (χ0n) is 14.9. The summed E-state index contributed by atoms with van der Waals surface area (Å²) in [4.78, 5) is 21.4. The number of rotatable bonds is 3. The van der Waals surface area contributed by atoms with Gasteiger partial charge in [-0.3, -0.25) is 9.48 Å². The second kappa shape index (κ2) is 6.63. The van der Waals surface area contributed by atoms with Crippen molar-refractivity contribution in [2.75, 3.05) is 25.5 Å². The molecule has 2 aromatic heterocycles. The van der Waals surface area contributed by atoms with Crippen molar-refractivity contribution in [3.05, 3.63) is 77.7 Å². The number of benzene rings is 1. The fourth-order valence-electron chi connectivity index (χ4n) is 3.52. The number of pyridine rings is 1. The molecular formula is C20H21N5O. The standard InChI is InChI=1S/C20H21N5O/c1-23(2)19-17(9-5-10-21-19)20(26)24-13-15-7-3-4-8-16(15)18(14-24)25-12-6-11-22-25/h3-12,18H,13-14H2,1-2H3/t18-/m0/s1. The van der Waals surface area contributed by atoms with E-state index in [9.17, 15) is 4.79 Å². The Labute approximate surface area is 152 Å². The van der Waals surface area contributed by atoms with Crippen LogP contribution in [0.5, 0.6) is 0 Å². The van der Waals surface area contributed by atoms with E-state index in [1.54, 1.807) is 12.4 Å². The molecule has 0 unspecified atom stereocenters. The summed E-state index contributed by atoms with van der Waals surface area (Å²) >= 11 is 0. The first-order chi connectivity index (χ1) is 12.6. The first-order valence-corrected chi connectivity index (χ1v) is 8.63. The third-order valence-electron chi connectivity index (χ3n) is 4.74. The zero-order chi connectivity index (χ0) is 18.1. The Kier molecular flexibility index (Phi) is 4.16. The van der Waals surface area contributed by atoms with Crippen molar-refractivity contribution in [2.45, 2.75) is 12.6 Å². The highest BCUT2D eigenvalue weighted by Crippen LogP contribution is 2.30. The van der Waals surface area contributed by atoms with Crippen LogP contribution >= 0.6 is 0 Å². The van der Waals surface area contributed by atoms with Crippen LogP contribution in [0, 0.1) is 0 Å². The number of anilines is 1. The van der Waals surface area contributed by atoms with Gasteiger partial charge in [0.25, 0.3) is 5.91 Å². The average Bonchev–Trinajstić information content (AvgIpc) is 3.21. The van der Waals surface area contributed by atoms with Crippen molar-refractivity contribution in [2.24, 2.45) is 0 Å². The summed E-state index contributed by atoms with van der Waals surface area (Å²) in [5.74, 6) is 0.681. The number of nitrogens with zero attached hydrogens (tertiary/aromatic N) is 5. The Morgan fingerprint density at radius 1 is 1.12 bits per heavy atom. The van der Waals surface area contributed by atoms with Gasteiger partial charge in [-0.05, 0) is 29.3 Å². The molecule has 1 aliphatic heterocycles. The molecule has 0 saturated carbocycles. The van der Waals surface area contributed by atoms with E-state index in [1.807, 2.05) is 65.1 Å². The molecule has 0 fully saturated rings. The van der Waals surface area contributed by atoms with Crippen molar-refractivity contribution < 1.29 is 4.79 Å². The molecule has 0 aliphatic carbocycles. The van der Waals surface area contributed by atoms with Gasteiger partial charge in [0, 0.05) is 45.8 Å². The predicted molar refractivity (Wildman–Crippen MR) is 100 cm³/mol. The molecule has 3 heterocycles. The van der Waals surface area contributed by atoms with Crippen LogP contribution in [-0.2, 0) is 6.54 Å². The van der Waals surface area contributed by atoms with E-state index in [2.05, 4.69) is 22.2 Å². The highest BCUT2D eigenvalue weighted by atomic mass is 16.2. The molecule has 1 atom stereocenters. The molecule has 132 valence electrons. The van der Waals surface area contributed by atoms with E-state index >= 15 is 0 Å². The van der Waals surface area contributed by atoms with Crippen LogP contribution in [0.4, 0.5) is 5.82 Å². The van der Waals surface area contributed by atoms with E-state index in [4.69, 9.17) is 0 Å². The Bertz CT molecular complexity index is 919. The molecule has 0 bridgehead atoms. The van der Waals surface area contributed by atoms with Crippen molar-refractivity contribution in [3.63, 3.8) is 0 Å². The minimum absolute atomic E-state index is 0.00606. The largest absolute Gasteiger partial charge is 0.362 e. The first kappa shape index (κ1) is 16.3. The van der Waals surface area contributed by atoms with Crippen LogP contribution in [0.2, 0.25) is 0 Å². The van der Waals surface area contributed by atoms with Gasteiger partial charge in [-0.2, -0.15) is 5.10 Å². The lowest BCUT2D eigenvalue weighted by Crippen LogP contribution is -2.41. The van der Waals surface area contributed by atoms with Gasteiger partial charge in [0.2, 0.25) is 0 Å². The molecule has 1 amide bonds. The number of hydrogen-bond donors (Lipinski definition) is 0. The molecule has 4 rings (SSSR count). The summed E-state index contributed by atoms with van der Waals surface area (Å²) in [5.41, 5.74) is 3.00. The van der Waals surface area contributed by atoms with Crippen molar-refractivity contribution in [3.8, 4) is 0 Å². The molecule has 0 radical (unpaired) electrons. The molecule has 0 spiro atoms. The first-order valence-electron chi connectivity index (χ1n) is 8.63. The highest BCUT2D eigenvalue weighted by Gasteiger charge is 2.31. The summed E-state index contributed by atoms with van der Waals surface area (Å²) in [6.45, 7) is 1.17. The van der Waals surface area contributed by atoms with Crippen molar-refractivity contribution >= 4 is 11.7 Å². The Balaban J connectivity index is 1.72. The van der Waals surface area contributed by atoms with Gasteiger partial charge >= 0.3 is 0 Å². The van der Waals surface area contributed by atoms with E-state index in [0.29, 0.717) is 24.5 Å². The van der Waals surface area contributed by atoms with E-state index in [0.717, 1.165) is 5.56 Å². The van der Waals surface area contributed by atoms with Crippen LogP contribution < -0.4 is 4.90 Å². The van der Waals surface area contributed by atoms with Gasteiger partial charge in [0.1, 0.15) is 5.82 Å². The minimum atomic E-state index is -0.00606. The molecule has 0 N–H and O–H groups in total. The minimum Gasteiger partial charge on any atom is -0.362 e. The number of amides is 1. The van der Waals surface area contributed by atoms with Crippen LogP contribution in [0.3, 0.4) is 0 Å². The maximum absolute atomic E-state index is 13.3. The quantitative estimate of drug-likeness (QED) is 0.731. The zero-order valence-corrected chi connectivity index (χ0v) is 14.9. The summed E-state index contributed by atoms with van der Waals surface area (Å²) in [5, 5.41) is 4.41. The van der Waals surface area contributed by atoms with E-state index in [-0.39, 0.29) is 11.9 Å². The summed E-state index contributed by atoms with van der Waals surface area (Å²) in [6.07, 6.45) is 5.43. The highest BCUT2D eigenvalue weighted by molar-refractivity contribution is 5.99. The second-order valence-corrected chi connectivity index (χ2v) is 6.66. The third-order valence-corrected chi connectivity index (χ3v) is 4.74. The fourth-order valence-corrected chi connectivity index (χ4v) is 3.52. The van der Waals surface area contributed by atoms with Gasteiger partial charge in [-0.25, -0.2) is 4.98 Å². The number of fused-ring (bicyclic) bond motifs is 1. The summed E-state index contributed by atoms with van der Waals surface area (Å²) in [6, 6.07) is 13.8. The van der Waals surface area contributed by atoms with Crippen LogP contribution in [-0.4, -0.2) is 46.2 Å². The molecule has 1 aliphatic rings. The summed E-state index contributed by atoms with van der Waals surface area (Å²) in [7, 11) is 3.80. The normalized spacial score (nSPS) is 16.2. The van der Waals surface area contributed by atoms with Crippen LogP contribution in [0.25, 0.3) is 0 Å². The van der Waals surface area contributed by atoms with Crippen LogP contribution in [0.15, 0.2) is 61.1 Å². The third kappa shape index (κ3) is 2.83. The Hall–Kier alpha value is -3.15. The molecular weight excluding hydrogens is 326 g/mol. The molecule has 3 aromatic rings. The van der Waals surface area contributed by atoms with Crippen LogP contribution in [0.1, 0.15) is 27.5 Å². The predicted octanol–water partition coefficient (Wildman–Crippen LogP) is 2.59. The maximum Gasteiger partial charge on any atom is 0.257 e. The topological polar surface area (TPSA) is 54.3 Å². The molecule has 26 heavy (non-hydrogen) atoms. The van der Waals surface area contributed by atoms with Crippen molar-refractivity contribution in [1.82, 2.24) is 19.7 Å².